The molecule has 0 amide bonds. The molecule has 1 N–H and O–H groups in total. The summed E-state index contributed by atoms with van der Waals surface area (Å²) in [7, 11) is -3.37. The van der Waals surface area contributed by atoms with Crippen LogP contribution >= 0.6 is 7.60 Å². The van der Waals surface area contributed by atoms with Crippen LogP contribution in [0.5, 0.6) is 11.5 Å². The summed E-state index contributed by atoms with van der Waals surface area (Å²) < 4.78 is 25.0. The molecule has 0 radical (unpaired) electrons. The third-order valence-corrected chi connectivity index (χ3v) is 5.86. The van der Waals surface area contributed by atoms with Gasteiger partial charge in [-0.25, -0.2) is 4.57 Å². The lowest BCUT2D eigenvalue weighted by Gasteiger charge is -2.21. The molecule has 3 rings (SSSR count). The second kappa shape index (κ2) is 9.40. The average molecular weight is 381 g/mol. The third-order valence-electron chi connectivity index (χ3n) is 4.11. The summed E-state index contributed by atoms with van der Waals surface area (Å²) in [6, 6.07) is 28.6. The molecule has 0 aromatic heterocycles. The van der Waals surface area contributed by atoms with Gasteiger partial charge in [-0.3, -0.25) is 0 Å². The first-order valence-electron chi connectivity index (χ1n) is 9.01. The van der Waals surface area contributed by atoms with E-state index in [9.17, 15) is 4.57 Å². The SMILES string of the molecule is C[C@@H](NCCP(=O)(Oc1ccccc1)Oc1ccccc1)c1ccccc1. The van der Waals surface area contributed by atoms with Crippen molar-refractivity contribution in [2.45, 2.75) is 13.0 Å². The minimum absolute atomic E-state index is 0.146. The summed E-state index contributed by atoms with van der Waals surface area (Å²) in [5.74, 6) is 1.07. The van der Waals surface area contributed by atoms with Crippen molar-refractivity contribution in [2.24, 2.45) is 0 Å². The highest BCUT2D eigenvalue weighted by atomic mass is 31.2. The zero-order valence-corrected chi connectivity index (χ0v) is 16.2. The summed E-state index contributed by atoms with van der Waals surface area (Å²) in [6.45, 7) is 2.59. The third kappa shape index (κ3) is 5.99. The van der Waals surface area contributed by atoms with Gasteiger partial charge in [0.1, 0.15) is 11.5 Å². The normalized spacial score (nSPS) is 12.3. The van der Waals surface area contributed by atoms with E-state index in [4.69, 9.17) is 9.05 Å². The Morgan fingerprint density at radius 2 is 1.22 bits per heavy atom. The Balaban J connectivity index is 1.67. The van der Waals surface area contributed by atoms with Crippen molar-refractivity contribution in [3.8, 4) is 11.5 Å². The summed E-state index contributed by atoms with van der Waals surface area (Å²) in [5.41, 5.74) is 1.18. The number of hydrogen-bond acceptors (Lipinski definition) is 4. The maximum Gasteiger partial charge on any atom is 0.431 e. The molecule has 1 atom stereocenters. The molecule has 27 heavy (non-hydrogen) atoms. The van der Waals surface area contributed by atoms with E-state index < -0.39 is 7.60 Å². The van der Waals surface area contributed by atoms with Crippen molar-refractivity contribution in [3.63, 3.8) is 0 Å². The van der Waals surface area contributed by atoms with E-state index in [0.29, 0.717) is 18.0 Å². The van der Waals surface area contributed by atoms with E-state index in [0.717, 1.165) is 0 Å². The fourth-order valence-electron chi connectivity index (χ4n) is 2.67. The fraction of sp³-hybridized carbons (Fsp3) is 0.182. The number of nitrogens with one attached hydrogen (secondary N) is 1. The Hall–Kier alpha value is -2.55. The quantitative estimate of drug-likeness (QED) is 0.484. The van der Waals surface area contributed by atoms with Crippen LogP contribution in [0, 0.1) is 0 Å². The molecule has 0 aliphatic heterocycles. The first-order chi connectivity index (χ1) is 13.1. The molecule has 3 aromatic rings. The summed E-state index contributed by atoms with van der Waals surface area (Å²) in [4.78, 5) is 0. The van der Waals surface area contributed by atoms with E-state index in [1.54, 1.807) is 24.3 Å². The van der Waals surface area contributed by atoms with Gasteiger partial charge in [0.05, 0.1) is 6.16 Å². The molecule has 0 unspecified atom stereocenters. The molecule has 0 saturated carbocycles. The molecule has 0 saturated heterocycles. The van der Waals surface area contributed by atoms with Gasteiger partial charge < -0.3 is 14.4 Å². The predicted molar refractivity (Wildman–Crippen MR) is 109 cm³/mol. The van der Waals surface area contributed by atoms with E-state index in [1.165, 1.54) is 5.56 Å². The summed E-state index contributed by atoms with van der Waals surface area (Å²) in [6.07, 6.45) is 0.258. The standard InChI is InChI=1S/C22H24NO3P/c1-19(20-11-5-2-6-12-20)23-17-18-27(24,25-21-13-7-3-8-14-21)26-22-15-9-4-10-16-22/h2-16,19,23H,17-18H2,1H3/t19-/m1/s1. The van der Waals surface area contributed by atoms with Crippen LogP contribution in [0.25, 0.3) is 0 Å². The average Bonchev–Trinajstić information content (AvgIpc) is 2.70. The Bertz CT molecular complexity index is 811. The maximum atomic E-state index is 13.4. The molecule has 140 valence electrons. The van der Waals surface area contributed by atoms with Crippen LogP contribution in [0.2, 0.25) is 0 Å². The molecule has 0 spiro atoms. The molecule has 0 fully saturated rings. The lowest BCUT2D eigenvalue weighted by molar-refractivity contribution is 0.383. The molecule has 0 bridgehead atoms. The Labute approximate surface area is 160 Å². The van der Waals surface area contributed by atoms with Crippen molar-refractivity contribution in [3.05, 3.63) is 96.6 Å². The maximum absolute atomic E-state index is 13.4. The van der Waals surface area contributed by atoms with Crippen LogP contribution in [-0.4, -0.2) is 12.7 Å². The van der Waals surface area contributed by atoms with Crippen LogP contribution in [0.3, 0.4) is 0 Å². The smallest absolute Gasteiger partial charge is 0.416 e. The van der Waals surface area contributed by atoms with Gasteiger partial charge in [0.15, 0.2) is 0 Å². The summed E-state index contributed by atoms with van der Waals surface area (Å²) in [5, 5.41) is 3.39. The van der Waals surface area contributed by atoms with Gasteiger partial charge in [-0.1, -0.05) is 66.7 Å². The van der Waals surface area contributed by atoms with Crippen molar-refractivity contribution >= 4 is 7.60 Å². The molecule has 3 aromatic carbocycles. The predicted octanol–water partition coefficient (Wildman–Crippen LogP) is 5.69. The fourth-order valence-corrected chi connectivity index (χ4v) is 4.18. The van der Waals surface area contributed by atoms with Gasteiger partial charge in [-0.05, 0) is 36.8 Å². The van der Waals surface area contributed by atoms with Gasteiger partial charge in [0, 0.05) is 12.6 Å². The van der Waals surface area contributed by atoms with Crippen LogP contribution in [0.15, 0.2) is 91.0 Å². The number of para-hydroxylation sites is 2. The van der Waals surface area contributed by atoms with Crippen LogP contribution in [-0.2, 0) is 4.57 Å². The minimum atomic E-state index is -3.37. The largest absolute Gasteiger partial charge is 0.431 e. The van der Waals surface area contributed by atoms with Gasteiger partial charge in [-0.15, -0.1) is 0 Å². The van der Waals surface area contributed by atoms with Crippen molar-refractivity contribution in [1.82, 2.24) is 5.32 Å². The van der Waals surface area contributed by atoms with Gasteiger partial charge in [0.2, 0.25) is 0 Å². The Morgan fingerprint density at radius 1 is 0.778 bits per heavy atom. The molecule has 0 aliphatic carbocycles. The lowest BCUT2D eigenvalue weighted by atomic mass is 10.1. The lowest BCUT2D eigenvalue weighted by Crippen LogP contribution is -2.24. The molecular formula is C22H24NO3P. The minimum Gasteiger partial charge on any atom is -0.416 e. The molecular weight excluding hydrogens is 357 g/mol. The van der Waals surface area contributed by atoms with Crippen LogP contribution < -0.4 is 14.4 Å². The second-order valence-corrected chi connectivity index (χ2v) is 8.26. The van der Waals surface area contributed by atoms with E-state index in [2.05, 4.69) is 24.4 Å². The first-order valence-corrected chi connectivity index (χ1v) is 10.7. The monoisotopic (exact) mass is 381 g/mol. The molecule has 4 nitrogen and oxygen atoms in total. The highest BCUT2D eigenvalue weighted by Gasteiger charge is 2.28. The molecule has 5 heteroatoms. The zero-order valence-electron chi connectivity index (χ0n) is 15.3. The van der Waals surface area contributed by atoms with E-state index in [-0.39, 0.29) is 12.2 Å². The van der Waals surface area contributed by atoms with E-state index in [1.807, 2.05) is 54.6 Å². The first kappa shape index (κ1) is 19.2. The summed E-state index contributed by atoms with van der Waals surface area (Å²) >= 11 is 0. The number of rotatable bonds is 9. The van der Waals surface area contributed by atoms with Crippen molar-refractivity contribution in [2.75, 3.05) is 12.7 Å². The highest BCUT2D eigenvalue weighted by molar-refractivity contribution is 7.54. The topological polar surface area (TPSA) is 47.6 Å². The molecule has 0 aliphatic rings. The van der Waals surface area contributed by atoms with Crippen LogP contribution in [0.4, 0.5) is 0 Å². The van der Waals surface area contributed by atoms with Gasteiger partial charge in [0.25, 0.3) is 0 Å². The van der Waals surface area contributed by atoms with Crippen molar-refractivity contribution < 1.29 is 13.6 Å². The number of benzene rings is 3. The molecule has 0 heterocycles. The van der Waals surface area contributed by atoms with Crippen LogP contribution in [0.1, 0.15) is 18.5 Å². The second-order valence-electron chi connectivity index (χ2n) is 6.23. The van der Waals surface area contributed by atoms with Gasteiger partial charge in [-0.2, -0.15) is 0 Å². The van der Waals surface area contributed by atoms with Crippen molar-refractivity contribution in [1.29, 1.82) is 0 Å². The van der Waals surface area contributed by atoms with Gasteiger partial charge >= 0.3 is 7.60 Å². The van der Waals surface area contributed by atoms with E-state index >= 15 is 0 Å². The Morgan fingerprint density at radius 3 is 1.70 bits per heavy atom. The highest BCUT2D eigenvalue weighted by Crippen LogP contribution is 2.48. The zero-order chi connectivity index (χ0) is 19.0. The Kier molecular flexibility index (Phi) is 6.69. The number of hydrogen-bond donors (Lipinski definition) is 1.